The number of nitrogens with zero attached hydrogens (tertiary/aromatic N) is 1. The van der Waals surface area contributed by atoms with Gasteiger partial charge in [-0.1, -0.05) is 54.6 Å². The normalized spacial score (nSPS) is 14.6. The standard InChI is InChI=1S/C29H25N3O3/c1-34-24-17-22-25(16-21(24)23-12-15-31-32-23)35-28(19-6-3-2-4-7-19)26(27(22)33)18-8-10-20(11-9-18)29(30)13-5-14-29/h2-4,6-12,15-17H,5,13-14,30H2,1H3,(H,31,32). The zero-order valence-electron chi connectivity index (χ0n) is 19.4. The number of H-pyrrole nitrogens is 1. The fourth-order valence-corrected chi connectivity index (χ4v) is 4.88. The third-order valence-corrected chi connectivity index (χ3v) is 7.03. The highest BCUT2D eigenvalue weighted by atomic mass is 16.5. The lowest BCUT2D eigenvalue weighted by Gasteiger charge is -2.38. The van der Waals surface area contributed by atoms with Crippen LogP contribution < -0.4 is 15.9 Å². The van der Waals surface area contributed by atoms with Crippen molar-refractivity contribution >= 4 is 11.0 Å². The van der Waals surface area contributed by atoms with Gasteiger partial charge in [-0.2, -0.15) is 5.10 Å². The molecule has 0 bridgehead atoms. The number of methoxy groups -OCH3 is 1. The SMILES string of the molecule is COc1cc2c(=O)c(-c3ccc(C4(N)CCC4)cc3)c(-c3ccccc3)oc2cc1-c1ccn[nH]1. The van der Waals surface area contributed by atoms with Crippen molar-refractivity contribution < 1.29 is 9.15 Å². The monoisotopic (exact) mass is 463 g/mol. The molecule has 3 N–H and O–H groups in total. The van der Waals surface area contributed by atoms with E-state index in [0.717, 1.165) is 47.2 Å². The highest BCUT2D eigenvalue weighted by Gasteiger charge is 2.34. The first-order valence-electron chi connectivity index (χ1n) is 11.7. The molecule has 0 saturated heterocycles. The molecule has 6 heteroatoms. The number of nitrogens with two attached hydrogens (primary N) is 1. The van der Waals surface area contributed by atoms with E-state index in [2.05, 4.69) is 10.2 Å². The second-order valence-electron chi connectivity index (χ2n) is 9.11. The van der Waals surface area contributed by atoms with Crippen molar-refractivity contribution in [3.63, 3.8) is 0 Å². The summed E-state index contributed by atoms with van der Waals surface area (Å²) in [6, 6.07) is 23.2. The van der Waals surface area contributed by atoms with Crippen LogP contribution >= 0.6 is 0 Å². The molecule has 6 nitrogen and oxygen atoms in total. The minimum absolute atomic E-state index is 0.113. The largest absolute Gasteiger partial charge is 0.496 e. The number of benzene rings is 3. The molecule has 1 fully saturated rings. The summed E-state index contributed by atoms with van der Waals surface area (Å²) in [4.78, 5) is 14.0. The molecular weight excluding hydrogens is 438 g/mol. The van der Waals surface area contributed by atoms with Crippen molar-refractivity contribution in [2.75, 3.05) is 7.11 Å². The molecule has 0 unspecified atom stereocenters. The van der Waals surface area contributed by atoms with Gasteiger partial charge in [-0.25, -0.2) is 0 Å². The maximum Gasteiger partial charge on any atom is 0.201 e. The fourth-order valence-electron chi connectivity index (χ4n) is 4.88. The number of hydrogen-bond acceptors (Lipinski definition) is 5. The molecule has 2 heterocycles. The van der Waals surface area contributed by atoms with E-state index in [-0.39, 0.29) is 11.0 Å². The number of hydrogen-bond donors (Lipinski definition) is 2. The van der Waals surface area contributed by atoms with Crippen molar-refractivity contribution in [3.05, 3.63) is 94.8 Å². The quantitative estimate of drug-likeness (QED) is 0.340. The molecule has 0 spiro atoms. The summed E-state index contributed by atoms with van der Waals surface area (Å²) in [5.41, 5.74) is 11.4. The van der Waals surface area contributed by atoms with Crippen LogP contribution in [-0.2, 0) is 5.54 Å². The number of aromatic nitrogens is 2. The molecule has 0 radical (unpaired) electrons. The zero-order valence-corrected chi connectivity index (χ0v) is 19.4. The third kappa shape index (κ3) is 3.54. The molecule has 1 aliphatic carbocycles. The van der Waals surface area contributed by atoms with Gasteiger partial charge in [0.15, 0.2) is 0 Å². The maximum atomic E-state index is 14.0. The van der Waals surface area contributed by atoms with E-state index >= 15 is 0 Å². The van der Waals surface area contributed by atoms with E-state index < -0.39 is 0 Å². The highest BCUT2D eigenvalue weighted by molar-refractivity contribution is 5.92. The molecule has 35 heavy (non-hydrogen) atoms. The second-order valence-corrected chi connectivity index (χ2v) is 9.11. The molecular formula is C29H25N3O3. The second kappa shape index (κ2) is 8.25. The Morgan fingerprint density at radius 1 is 1.00 bits per heavy atom. The van der Waals surface area contributed by atoms with Gasteiger partial charge in [-0.05, 0) is 48.6 Å². The van der Waals surface area contributed by atoms with E-state index in [1.165, 1.54) is 0 Å². The van der Waals surface area contributed by atoms with E-state index in [1.54, 1.807) is 19.4 Å². The Balaban J connectivity index is 1.60. The van der Waals surface area contributed by atoms with Gasteiger partial charge in [-0.15, -0.1) is 0 Å². The van der Waals surface area contributed by atoms with Crippen molar-refractivity contribution in [1.82, 2.24) is 10.2 Å². The van der Waals surface area contributed by atoms with Gasteiger partial charge in [0.1, 0.15) is 17.1 Å². The third-order valence-electron chi connectivity index (χ3n) is 7.03. The summed E-state index contributed by atoms with van der Waals surface area (Å²) in [5.74, 6) is 1.10. The van der Waals surface area contributed by atoms with Crippen molar-refractivity contribution in [2.24, 2.45) is 5.73 Å². The van der Waals surface area contributed by atoms with Crippen LogP contribution in [0.1, 0.15) is 24.8 Å². The molecule has 6 rings (SSSR count). The van der Waals surface area contributed by atoms with E-state index in [0.29, 0.717) is 28.0 Å². The van der Waals surface area contributed by atoms with Crippen molar-refractivity contribution in [3.8, 4) is 39.5 Å². The lowest BCUT2D eigenvalue weighted by atomic mass is 9.72. The highest BCUT2D eigenvalue weighted by Crippen LogP contribution is 2.40. The zero-order chi connectivity index (χ0) is 24.0. The summed E-state index contributed by atoms with van der Waals surface area (Å²) in [6.07, 6.45) is 4.79. The molecule has 1 aliphatic rings. The van der Waals surface area contributed by atoms with Crippen LogP contribution in [0.4, 0.5) is 0 Å². The summed E-state index contributed by atoms with van der Waals surface area (Å²) in [5, 5.41) is 7.46. The molecule has 0 aliphatic heterocycles. The van der Waals surface area contributed by atoms with Crippen LogP contribution in [0, 0.1) is 0 Å². The van der Waals surface area contributed by atoms with Crippen LogP contribution in [0.15, 0.2) is 88.2 Å². The fraction of sp³-hybridized carbons (Fsp3) is 0.172. The Labute approximate surface area is 202 Å². The molecule has 0 atom stereocenters. The predicted octanol–water partition coefficient (Wildman–Crippen LogP) is 5.86. The average Bonchev–Trinajstić information content (AvgIpc) is 3.42. The summed E-state index contributed by atoms with van der Waals surface area (Å²) in [7, 11) is 1.59. The van der Waals surface area contributed by atoms with Crippen LogP contribution in [0.5, 0.6) is 5.75 Å². The number of nitrogens with one attached hydrogen (secondary N) is 1. The van der Waals surface area contributed by atoms with Gasteiger partial charge in [0, 0.05) is 22.9 Å². The summed E-state index contributed by atoms with van der Waals surface area (Å²) >= 11 is 0. The van der Waals surface area contributed by atoms with E-state index in [4.69, 9.17) is 14.9 Å². The molecule has 2 aromatic heterocycles. The number of aromatic amines is 1. The van der Waals surface area contributed by atoms with E-state index in [9.17, 15) is 4.79 Å². The van der Waals surface area contributed by atoms with Crippen LogP contribution in [0.2, 0.25) is 0 Å². The molecule has 1 saturated carbocycles. The Kier molecular flexibility index (Phi) is 5.04. The minimum Gasteiger partial charge on any atom is -0.496 e. The smallest absolute Gasteiger partial charge is 0.201 e. The van der Waals surface area contributed by atoms with Crippen LogP contribution in [0.3, 0.4) is 0 Å². The van der Waals surface area contributed by atoms with Gasteiger partial charge in [0.05, 0.1) is 23.8 Å². The maximum absolute atomic E-state index is 14.0. The molecule has 3 aromatic carbocycles. The van der Waals surface area contributed by atoms with Gasteiger partial charge < -0.3 is 14.9 Å². The lowest BCUT2D eigenvalue weighted by molar-refractivity contribution is 0.253. The molecule has 174 valence electrons. The van der Waals surface area contributed by atoms with E-state index in [1.807, 2.05) is 66.7 Å². The summed E-state index contributed by atoms with van der Waals surface area (Å²) in [6.45, 7) is 0. The molecule has 5 aromatic rings. The van der Waals surface area contributed by atoms with Gasteiger partial charge >= 0.3 is 0 Å². The van der Waals surface area contributed by atoms with Crippen LogP contribution in [-0.4, -0.2) is 17.3 Å². The lowest BCUT2D eigenvalue weighted by Crippen LogP contribution is -2.43. The Morgan fingerprint density at radius 2 is 1.77 bits per heavy atom. The minimum atomic E-state index is -0.259. The van der Waals surface area contributed by atoms with Gasteiger partial charge in [0.2, 0.25) is 5.43 Å². The van der Waals surface area contributed by atoms with Gasteiger partial charge in [0.25, 0.3) is 0 Å². The first-order chi connectivity index (χ1) is 17.1. The first-order valence-corrected chi connectivity index (χ1v) is 11.7. The van der Waals surface area contributed by atoms with Crippen LogP contribution in [0.25, 0.3) is 44.7 Å². The number of ether oxygens (including phenoxy) is 1. The molecule has 0 amide bonds. The van der Waals surface area contributed by atoms with Gasteiger partial charge in [-0.3, -0.25) is 9.89 Å². The predicted molar refractivity (Wildman–Crippen MR) is 137 cm³/mol. The Bertz CT molecular complexity index is 1570. The number of rotatable bonds is 5. The Morgan fingerprint density at radius 3 is 2.40 bits per heavy atom. The van der Waals surface area contributed by atoms with Crippen molar-refractivity contribution in [1.29, 1.82) is 0 Å². The Hall–Kier alpha value is -4.16. The van der Waals surface area contributed by atoms with Crippen molar-refractivity contribution in [2.45, 2.75) is 24.8 Å². The number of fused-ring (bicyclic) bond motifs is 1. The average molecular weight is 464 g/mol. The summed E-state index contributed by atoms with van der Waals surface area (Å²) < 4.78 is 12.1. The topological polar surface area (TPSA) is 94.1 Å². The first kappa shape index (κ1) is 21.4.